The average molecular weight is 355 g/mol. The van der Waals surface area contributed by atoms with Crippen LogP contribution in [0.15, 0.2) is 54.6 Å². The van der Waals surface area contributed by atoms with Crippen LogP contribution in [0.4, 0.5) is 0 Å². The van der Waals surface area contributed by atoms with Gasteiger partial charge in [-0.05, 0) is 29.7 Å². The van der Waals surface area contributed by atoms with E-state index in [1.807, 2.05) is 59.5 Å². The van der Waals surface area contributed by atoms with E-state index in [2.05, 4.69) is 0 Å². The summed E-state index contributed by atoms with van der Waals surface area (Å²) in [6.45, 7) is 2.30. The third-order valence-corrected chi connectivity index (χ3v) is 4.78. The third kappa shape index (κ3) is 4.42. The minimum atomic E-state index is -0.701. The fraction of sp³-hybridized carbons (Fsp3) is 0.381. The van der Waals surface area contributed by atoms with Crippen LogP contribution in [0.3, 0.4) is 0 Å². The smallest absolute Gasteiger partial charge is 0.230 e. The Morgan fingerprint density at radius 3 is 2.35 bits per heavy atom. The van der Waals surface area contributed by atoms with Crippen molar-refractivity contribution >= 4 is 5.91 Å². The van der Waals surface area contributed by atoms with Crippen molar-refractivity contribution in [1.29, 1.82) is 0 Å². The molecule has 0 bridgehead atoms. The molecule has 1 unspecified atom stereocenters. The Bertz CT molecular complexity index is 696. The summed E-state index contributed by atoms with van der Waals surface area (Å²) in [7, 11) is 1.62. The van der Waals surface area contributed by atoms with Gasteiger partial charge in [-0.25, -0.2) is 0 Å². The number of carbonyl (C=O) groups excluding carboxylic acids is 1. The predicted octanol–water partition coefficient (Wildman–Crippen LogP) is 2.76. The van der Waals surface area contributed by atoms with Crippen LogP contribution in [0.5, 0.6) is 5.75 Å². The largest absolute Gasteiger partial charge is 0.497 e. The Hall–Kier alpha value is -2.37. The first kappa shape index (κ1) is 18.4. The number of morpholine rings is 1. The molecule has 2 atom stereocenters. The molecule has 0 spiro atoms. The molecular weight excluding hydrogens is 330 g/mol. The van der Waals surface area contributed by atoms with Gasteiger partial charge in [0.25, 0.3) is 0 Å². The molecule has 1 fully saturated rings. The average Bonchev–Trinajstić information content (AvgIpc) is 2.73. The molecule has 0 aromatic heterocycles. The Labute approximate surface area is 154 Å². The lowest BCUT2D eigenvalue weighted by Gasteiger charge is -2.31. The fourth-order valence-electron chi connectivity index (χ4n) is 3.25. The maximum absolute atomic E-state index is 13.1. The first-order chi connectivity index (χ1) is 12.7. The zero-order valence-electron chi connectivity index (χ0n) is 15.0. The quantitative estimate of drug-likeness (QED) is 0.866. The molecule has 1 amide bonds. The van der Waals surface area contributed by atoms with Crippen LogP contribution in [0.25, 0.3) is 0 Å². The number of amides is 1. The van der Waals surface area contributed by atoms with E-state index >= 15 is 0 Å². The number of aliphatic hydroxyl groups is 1. The number of aliphatic hydroxyl groups excluding tert-OH is 1. The molecule has 5 nitrogen and oxygen atoms in total. The Balaban J connectivity index is 1.83. The number of benzene rings is 2. The monoisotopic (exact) mass is 355 g/mol. The van der Waals surface area contributed by atoms with Gasteiger partial charge in [0.1, 0.15) is 5.75 Å². The van der Waals surface area contributed by atoms with Crippen LogP contribution in [0.2, 0.25) is 0 Å². The standard InChI is InChI=1S/C21H25NO4/c1-25-18-9-7-16(8-10-18)19(21(24)22-11-13-26-14-12-22)15-20(23)17-5-3-2-4-6-17/h2-10,19-20,23H,11-15H2,1H3/t19-,20?/m1/s1. The van der Waals surface area contributed by atoms with Crippen molar-refractivity contribution < 1.29 is 19.4 Å². The van der Waals surface area contributed by atoms with Crippen molar-refractivity contribution in [3.05, 3.63) is 65.7 Å². The van der Waals surface area contributed by atoms with Crippen LogP contribution < -0.4 is 4.74 Å². The number of carbonyl (C=O) groups is 1. The van der Waals surface area contributed by atoms with E-state index in [0.29, 0.717) is 32.7 Å². The molecular formula is C21H25NO4. The molecule has 3 rings (SSSR count). The van der Waals surface area contributed by atoms with Crippen molar-refractivity contribution in [2.75, 3.05) is 33.4 Å². The topological polar surface area (TPSA) is 59.0 Å². The summed E-state index contributed by atoms with van der Waals surface area (Å²) in [6.07, 6.45) is -0.361. The normalized spacial score (nSPS) is 16.8. The van der Waals surface area contributed by atoms with Gasteiger partial charge in [0, 0.05) is 13.1 Å². The summed E-state index contributed by atoms with van der Waals surface area (Å²) >= 11 is 0. The van der Waals surface area contributed by atoms with E-state index in [1.54, 1.807) is 7.11 Å². The van der Waals surface area contributed by atoms with Gasteiger partial charge in [-0.1, -0.05) is 42.5 Å². The Kier molecular flexibility index (Phi) is 6.26. The molecule has 138 valence electrons. The van der Waals surface area contributed by atoms with Gasteiger partial charge >= 0.3 is 0 Å². The molecule has 1 N–H and O–H groups in total. The van der Waals surface area contributed by atoms with Crippen LogP contribution >= 0.6 is 0 Å². The molecule has 5 heteroatoms. The highest BCUT2D eigenvalue weighted by atomic mass is 16.5. The van der Waals surface area contributed by atoms with Gasteiger partial charge in [0.2, 0.25) is 5.91 Å². The van der Waals surface area contributed by atoms with E-state index in [9.17, 15) is 9.90 Å². The second-order valence-corrected chi connectivity index (χ2v) is 6.43. The number of rotatable bonds is 6. The number of methoxy groups -OCH3 is 1. The van der Waals surface area contributed by atoms with Gasteiger partial charge < -0.3 is 19.5 Å². The fourth-order valence-corrected chi connectivity index (χ4v) is 3.25. The maximum atomic E-state index is 13.1. The molecule has 1 aliphatic heterocycles. The minimum absolute atomic E-state index is 0.0356. The second-order valence-electron chi connectivity index (χ2n) is 6.43. The predicted molar refractivity (Wildman–Crippen MR) is 99.2 cm³/mol. The van der Waals surface area contributed by atoms with Crippen molar-refractivity contribution in [1.82, 2.24) is 4.90 Å². The zero-order chi connectivity index (χ0) is 18.4. The summed E-state index contributed by atoms with van der Waals surface area (Å²) in [6, 6.07) is 17.0. The van der Waals surface area contributed by atoms with E-state index in [0.717, 1.165) is 16.9 Å². The van der Waals surface area contributed by atoms with Crippen molar-refractivity contribution in [3.8, 4) is 5.75 Å². The molecule has 1 heterocycles. The number of ether oxygens (including phenoxy) is 2. The highest BCUT2D eigenvalue weighted by Gasteiger charge is 2.29. The summed E-state index contributed by atoms with van der Waals surface area (Å²) in [5.41, 5.74) is 1.71. The molecule has 1 aliphatic rings. The molecule has 26 heavy (non-hydrogen) atoms. The van der Waals surface area contributed by atoms with Crippen LogP contribution in [0, 0.1) is 0 Å². The van der Waals surface area contributed by atoms with E-state index in [-0.39, 0.29) is 5.91 Å². The molecule has 2 aromatic carbocycles. The third-order valence-electron chi connectivity index (χ3n) is 4.78. The second kappa shape index (κ2) is 8.83. The first-order valence-electron chi connectivity index (χ1n) is 8.92. The molecule has 0 radical (unpaired) electrons. The molecule has 2 aromatic rings. The van der Waals surface area contributed by atoms with Gasteiger partial charge in [-0.15, -0.1) is 0 Å². The maximum Gasteiger partial charge on any atom is 0.230 e. The van der Waals surface area contributed by atoms with Crippen LogP contribution in [0.1, 0.15) is 29.6 Å². The lowest BCUT2D eigenvalue weighted by atomic mass is 9.89. The number of nitrogens with zero attached hydrogens (tertiary/aromatic N) is 1. The van der Waals surface area contributed by atoms with Gasteiger partial charge in [0.15, 0.2) is 0 Å². The SMILES string of the molecule is COc1ccc([C@@H](CC(O)c2ccccc2)C(=O)N2CCOCC2)cc1. The lowest BCUT2D eigenvalue weighted by molar-refractivity contribution is -0.137. The lowest BCUT2D eigenvalue weighted by Crippen LogP contribution is -2.43. The van der Waals surface area contributed by atoms with Crippen LogP contribution in [-0.2, 0) is 9.53 Å². The van der Waals surface area contributed by atoms with Crippen molar-refractivity contribution in [3.63, 3.8) is 0 Å². The summed E-state index contributed by atoms with van der Waals surface area (Å²) < 4.78 is 10.6. The zero-order valence-corrected chi connectivity index (χ0v) is 15.0. The van der Waals surface area contributed by atoms with Crippen molar-refractivity contribution in [2.24, 2.45) is 0 Å². The van der Waals surface area contributed by atoms with E-state index in [1.165, 1.54) is 0 Å². The molecule has 0 aliphatic carbocycles. The molecule has 1 saturated heterocycles. The highest BCUT2D eigenvalue weighted by molar-refractivity contribution is 5.84. The van der Waals surface area contributed by atoms with E-state index in [4.69, 9.17) is 9.47 Å². The number of hydrogen-bond acceptors (Lipinski definition) is 4. The first-order valence-corrected chi connectivity index (χ1v) is 8.92. The summed E-state index contributed by atoms with van der Waals surface area (Å²) in [5, 5.41) is 10.7. The highest BCUT2D eigenvalue weighted by Crippen LogP contribution is 2.31. The van der Waals surface area contributed by atoms with Crippen molar-refractivity contribution in [2.45, 2.75) is 18.4 Å². The summed E-state index contributed by atoms with van der Waals surface area (Å²) in [5.74, 6) is 0.373. The van der Waals surface area contributed by atoms with Gasteiger partial charge in [-0.2, -0.15) is 0 Å². The van der Waals surface area contributed by atoms with Crippen LogP contribution in [-0.4, -0.2) is 49.3 Å². The Morgan fingerprint density at radius 1 is 1.08 bits per heavy atom. The molecule has 0 saturated carbocycles. The minimum Gasteiger partial charge on any atom is -0.497 e. The van der Waals surface area contributed by atoms with E-state index < -0.39 is 12.0 Å². The summed E-state index contributed by atoms with van der Waals surface area (Å²) in [4.78, 5) is 15.0. The Morgan fingerprint density at radius 2 is 1.73 bits per heavy atom. The van der Waals surface area contributed by atoms with Gasteiger partial charge in [-0.3, -0.25) is 4.79 Å². The van der Waals surface area contributed by atoms with Gasteiger partial charge in [0.05, 0.1) is 32.3 Å². The number of hydrogen-bond donors (Lipinski definition) is 1.